The molecule has 0 amide bonds. The van der Waals surface area contributed by atoms with E-state index < -0.39 is 21.9 Å². The average molecular weight is 1570 g/mol. The Kier molecular flexibility index (Phi) is 84.2. The summed E-state index contributed by atoms with van der Waals surface area (Å²) in [6.45, 7) is 14.1. The number of hydrogen-bond donors (Lipinski definition) is 0. The van der Waals surface area contributed by atoms with Crippen LogP contribution in [0.2, 0.25) is 0 Å². The van der Waals surface area contributed by atoms with Crippen LogP contribution in [-0.4, -0.2) is 37.0 Å². The second kappa shape index (κ2) is 82.1. The summed E-state index contributed by atoms with van der Waals surface area (Å²) < 4.78 is 66.4. The molecule has 1 nitrogen and oxygen atoms in total. The zero-order valence-electron chi connectivity index (χ0n) is 73.7. The SMILES string of the molecule is CCCCCCCCCCCCCCCCP(CCCCCCCCCCCCCCCC)(CCCCCCCCCCCCCCCC)=[N+]=P(CCCCCCCCCCCCCCCC)(CCCCCCCCCCCCCCCC)CCCCCCCCCCCCCCCC.F[P-](F)(F)(F)(F)F. The quantitative estimate of drug-likeness (QED) is 0.0249. The predicted molar refractivity (Wildman–Crippen MR) is 481 cm³/mol. The van der Waals surface area contributed by atoms with Gasteiger partial charge in [-0.25, -0.2) is 0 Å². The van der Waals surface area contributed by atoms with Crippen molar-refractivity contribution in [2.75, 3.05) is 37.0 Å². The van der Waals surface area contributed by atoms with E-state index in [1.54, 1.807) is 37.0 Å². The number of rotatable bonds is 90. The molecular formula is C96H198F6NP3. The van der Waals surface area contributed by atoms with Crippen LogP contribution in [0.1, 0.15) is 581 Å². The Morgan fingerprint density at radius 1 is 0.132 bits per heavy atom. The Labute approximate surface area is 665 Å². The van der Waals surface area contributed by atoms with Crippen molar-refractivity contribution in [1.29, 1.82) is 0 Å². The molecule has 0 fully saturated rings. The topological polar surface area (TPSA) is 14.1 Å². The first-order chi connectivity index (χ1) is 51.5. The molecule has 0 aromatic carbocycles. The second-order valence-corrected chi connectivity index (χ2v) is 44.9. The number of nitrogens with zero attached hydrogens (tertiary/aromatic N) is 1. The normalized spacial score (nSPS) is 12.8. The third-order valence-corrected chi connectivity index (χ3v) is 33.9. The molecule has 0 aromatic rings. The molecule has 0 aliphatic heterocycles. The number of halogens is 6. The molecule has 0 aromatic heterocycles. The Morgan fingerprint density at radius 2 is 0.198 bits per heavy atom. The minimum absolute atomic E-state index is 1.37. The van der Waals surface area contributed by atoms with Crippen molar-refractivity contribution in [3.05, 3.63) is 0 Å². The van der Waals surface area contributed by atoms with E-state index in [2.05, 4.69) is 41.5 Å². The monoisotopic (exact) mass is 1570 g/mol. The fraction of sp³-hybridized carbons (Fsp3) is 1.00. The van der Waals surface area contributed by atoms with E-state index in [0.717, 1.165) is 0 Å². The average Bonchev–Trinajstić information content (AvgIpc) is 0.795. The van der Waals surface area contributed by atoms with E-state index in [0.29, 0.717) is 0 Å². The summed E-state index contributed by atoms with van der Waals surface area (Å²) >= 11 is 0. The molecule has 644 valence electrons. The van der Waals surface area contributed by atoms with Crippen LogP contribution in [0.15, 0.2) is 0 Å². The van der Waals surface area contributed by atoms with Crippen LogP contribution in [0, 0.1) is 0 Å². The molecule has 0 rings (SSSR count). The van der Waals surface area contributed by atoms with Gasteiger partial charge >= 0.3 is 33.0 Å². The first kappa shape index (κ1) is 109. The fourth-order valence-electron chi connectivity index (χ4n) is 16.9. The Bertz CT molecular complexity index is 1510. The van der Waals surface area contributed by atoms with E-state index in [1.807, 2.05) is 0 Å². The summed E-state index contributed by atoms with van der Waals surface area (Å²) in [4.78, 5) is 0. The van der Waals surface area contributed by atoms with Gasteiger partial charge in [-0.2, -0.15) is 4.17 Å². The Morgan fingerprint density at radius 3 is 0.274 bits per heavy atom. The van der Waals surface area contributed by atoms with Gasteiger partial charge in [-0.3, -0.25) is 0 Å². The first-order valence-electron chi connectivity index (χ1n) is 49.6. The third kappa shape index (κ3) is 95.2. The maximum absolute atomic E-state index is 10.7. The van der Waals surface area contributed by atoms with Gasteiger partial charge in [-0.1, -0.05) is 542 Å². The van der Waals surface area contributed by atoms with E-state index in [9.17, 15) is 25.2 Å². The van der Waals surface area contributed by atoms with Gasteiger partial charge < -0.3 is 0 Å². The van der Waals surface area contributed by atoms with Gasteiger partial charge in [-0.15, -0.1) is 0 Å². The third-order valence-electron chi connectivity index (χ3n) is 23.9. The minimum atomic E-state index is -10.7. The van der Waals surface area contributed by atoms with Crippen molar-refractivity contribution < 1.29 is 25.2 Å². The summed E-state index contributed by atoms with van der Waals surface area (Å²) in [5.74, 6) is 0. The van der Waals surface area contributed by atoms with Gasteiger partial charge in [0, 0.05) is 37.0 Å². The Balaban J connectivity index is 0. The van der Waals surface area contributed by atoms with Gasteiger partial charge in [-0.05, 0) is 38.5 Å². The van der Waals surface area contributed by atoms with Crippen LogP contribution < -0.4 is 4.17 Å². The van der Waals surface area contributed by atoms with Gasteiger partial charge in [0.1, 0.15) is 0 Å². The van der Waals surface area contributed by atoms with Crippen LogP contribution in [0.4, 0.5) is 25.2 Å². The second-order valence-electron chi connectivity index (χ2n) is 35.2. The molecule has 0 radical (unpaired) electrons. The Hall–Kier alpha value is 0.580. The summed E-state index contributed by atoms with van der Waals surface area (Å²) in [7, 11) is -13.6. The molecule has 0 bridgehead atoms. The van der Waals surface area contributed by atoms with Crippen molar-refractivity contribution >= 4 is 21.9 Å². The van der Waals surface area contributed by atoms with Gasteiger partial charge in [0.25, 0.3) is 0 Å². The standard InChI is InChI=1S/C96H198NP2.F6P/c1-7-13-19-25-31-37-43-49-55-61-67-73-79-85-91-98(92-86-80-74-68-62-56-50-44-38-32-26-20-14-8-2,93-87-81-75-69-63-57-51-45-39-33-27-21-15-9-3)97-99(94-88-82-76-70-64-58-52-46-40-34-28-22-16-10-4,95-89-83-77-71-65-59-53-47-41-35-29-23-17-11-5)96-90-84-78-72-66-60-54-48-42-36-30-24-18-12-6;1-7(2,3,4,5)6/h7-96H2,1-6H3;/q+1;-1. The molecular weight excluding hydrogens is 1370 g/mol. The number of hydrogen-bond acceptors (Lipinski definition) is 0. The van der Waals surface area contributed by atoms with Crippen LogP contribution >= 0.6 is 21.9 Å². The zero-order chi connectivity index (χ0) is 77.8. The predicted octanol–water partition coefficient (Wildman–Crippen LogP) is 40.7. The molecule has 0 spiro atoms. The van der Waals surface area contributed by atoms with E-state index in [4.69, 9.17) is 4.17 Å². The van der Waals surface area contributed by atoms with Crippen molar-refractivity contribution in [2.45, 2.75) is 581 Å². The molecule has 0 aliphatic carbocycles. The first-order valence-corrected chi connectivity index (χ1v) is 56.2. The van der Waals surface area contributed by atoms with E-state index in [1.165, 1.54) is 539 Å². The fourth-order valence-corrected chi connectivity index (χ4v) is 28.5. The van der Waals surface area contributed by atoms with Crippen molar-refractivity contribution in [3.63, 3.8) is 0 Å². The zero-order valence-corrected chi connectivity index (χ0v) is 76.4. The summed E-state index contributed by atoms with van der Waals surface area (Å²) in [6, 6.07) is 0. The molecule has 106 heavy (non-hydrogen) atoms. The van der Waals surface area contributed by atoms with Crippen molar-refractivity contribution in [2.24, 2.45) is 0 Å². The molecule has 0 N–H and O–H groups in total. The summed E-state index contributed by atoms with van der Waals surface area (Å²) in [5, 5.41) is 0. The molecule has 0 unspecified atom stereocenters. The van der Waals surface area contributed by atoms with Crippen LogP contribution in [-0.2, 0) is 0 Å². The number of unbranched alkanes of at least 4 members (excludes halogenated alkanes) is 78. The van der Waals surface area contributed by atoms with Crippen molar-refractivity contribution in [1.82, 2.24) is 4.17 Å². The van der Waals surface area contributed by atoms with Gasteiger partial charge in [0.15, 0.2) is 0 Å². The maximum atomic E-state index is 9.87. The van der Waals surface area contributed by atoms with Gasteiger partial charge in [0.2, 0.25) is 14.1 Å². The molecule has 0 saturated heterocycles. The molecule has 10 heteroatoms. The van der Waals surface area contributed by atoms with Crippen LogP contribution in [0.25, 0.3) is 0 Å². The molecule has 0 aliphatic rings. The molecule has 0 saturated carbocycles. The van der Waals surface area contributed by atoms with Gasteiger partial charge in [0.05, 0.1) is 0 Å². The molecule has 0 heterocycles. The summed E-state index contributed by atoms with van der Waals surface area (Å²) in [6.07, 6.45) is 133. The van der Waals surface area contributed by atoms with E-state index in [-0.39, 0.29) is 0 Å². The summed E-state index contributed by atoms with van der Waals surface area (Å²) in [5.41, 5.74) is 0. The van der Waals surface area contributed by atoms with Crippen LogP contribution in [0.3, 0.4) is 0 Å². The van der Waals surface area contributed by atoms with Crippen LogP contribution in [0.5, 0.6) is 0 Å². The van der Waals surface area contributed by atoms with E-state index >= 15 is 0 Å². The molecule has 0 atom stereocenters. The van der Waals surface area contributed by atoms with Crippen molar-refractivity contribution in [3.8, 4) is 0 Å².